The van der Waals surface area contributed by atoms with Crippen LogP contribution in [0.25, 0.3) is 0 Å². The molecule has 1 aromatic carbocycles. The lowest BCUT2D eigenvalue weighted by atomic mass is 9.99. The fourth-order valence-electron chi connectivity index (χ4n) is 1.68. The summed E-state index contributed by atoms with van der Waals surface area (Å²) in [6.45, 7) is 3.90. The van der Waals surface area contributed by atoms with Crippen LogP contribution in [0.1, 0.15) is 20.3 Å². The van der Waals surface area contributed by atoms with Gasteiger partial charge in [0.2, 0.25) is 5.91 Å². The highest BCUT2D eigenvalue weighted by atomic mass is 32.2. The van der Waals surface area contributed by atoms with Gasteiger partial charge in [-0.05, 0) is 18.1 Å². The van der Waals surface area contributed by atoms with Crippen molar-refractivity contribution in [3.63, 3.8) is 0 Å². The molecule has 0 radical (unpaired) electrons. The molecule has 0 saturated carbocycles. The summed E-state index contributed by atoms with van der Waals surface area (Å²) < 4.78 is 4.74. The van der Waals surface area contributed by atoms with Crippen molar-refractivity contribution in [3.05, 3.63) is 30.3 Å². The van der Waals surface area contributed by atoms with Gasteiger partial charge in [-0.25, -0.2) is 4.79 Å². The Hall–Kier alpha value is -1.49. The third kappa shape index (κ3) is 5.25. The van der Waals surface area contributed by atoms with E-state index in [-0.39, 0.29) is 17.6 Å². The Kier molecular flexibility index (Phi) is 7.15. The summed E-state index contributed by atoms with van der Waals surface area (Å²) in [4.78, 5) is 24.6. The lowest BCUT2D eigenvalue weighted by Crippen LogP contribution is -2.46. The first-order chi connectivity index (χ1) is 9.58. The summed E-state index contributed by atoms with van der Waals surface area (Å²) in [6.07, 6.45) is 0.797. The number of hydrogen-bond donors (Lipinski definition) is 1. The van der Waals surface area contributed by atoms with Crippen LogP contribution in [-0.2, 0) is 14.3 Å². The second-order valence-electron chi connectivity index (χ2n) is 4.56. The molecular weight excluding hydrogens is 274 g/mol. The number of hydrogen-bond acceptors (Lipinski definition) is 4. The number of amides is 1. The van der Waals surface area contributed by atoms with Gasteiger partial charge in [0, 0.05) is 4.90 Å². The monoisotopic (exact) mass is 295 g/mol. The minimum atomic E-state index is -0.575. The Bertz CT molecular complexity index is 436. The molecule has 0 heterocycles. The van der Waals surface area contributed by atoms with Crippen molar-refractivity contribution in [2.45, 2.75) is 31.2 Å². The highest BCUT2D eigenvalue weighted by Crippen LogP contribution is 2.17. The summed E-state index contributed by atoms with van der Waals surface area (Å²) in [7, 11) is 1.34. The largest absolute Gasteiger partial charge is 0.467 e. The van der Waals surface area contributed by atoms with Crippen LogP contribution in [0.3, 0.4) is 0 Å². The van der Waals surface area contributed by atoms with Gasteiger partial charge in [0.1, 0.15) is 6.04 Å². The first-order valence-electron chi connectivity index (χ1n) is 6.63. The van der Waals surface area contributed by atoms with Crippen LogP contribution < -0.4 is 5.32 Å². The third-order valence-corrected chi connectivity index (χ3v) is 4.11. The molecule has 20 heavy (non-hydrogen) atoms. The van der Waals surface area contributed by atoms with E-state index in [4.69, 9.17) is 4.74 Å². The summed E-state index contributed by atoms with van der Waals surface area (Å²) >= 11 is 1.44. The molecule has 4 nitrogen and oxygen atoms in total. The first-order valence-corrected chi connectivity index (χ1v) is 7.62. The molecule has 0 unspecified atom stereocenters. The first kappa shape index (κ1) is 16.6. The van der Waals surface area contributed by atoms with Gasteiger partial charge in [-0.1, -0.05) is 38.5 Å². The third-order valence-electron chi connectivity index (χ3n) is 3.10. The summed E-state index contributed by atoms with van der Waals surface area (Å²) in [5.74, 6) is -0.214. The predicted molar refractivity (Wildman–Crippen MR) is 80.6 cm³/mol. The van der Waals surface area contributed by atoms with Gasteiger partial charge in [0.05, 0.1) is 12.9 Å². The van der Waals surface area contributed by atoms with Crippen molar-refractivity contribution < 1.29 is 14.3 Å². The number of carbonyl (C=O) groups is 2. The van der Waals surface area contributed by atoms with Crippen molar-refractivity contribution in [3.8, 4) is 0 Å². The number of benzene rings is 1. The zero-order valence-corrected chi connectivity index (χ0v) is 12.9. The molecule has 0 bridgehead atoms. The molecule has 1 N–H and O–H groups in total. The van der Waals surface area contributed by atoms with Crippen LogP contribution >= 0.6 is 11.8 Å². The minimum Gasteiger partial charge on any atom is -0.467 e. The Balaban J connectivity index is 2.51. The van der Waals surface area contributed by atoms with Gasteiger partial charge < -0.3 is 10.1 Å². The molecule has 1 rings (SSSR count). The van der Waals surface area contributed by atoms with Crippen LogP contribution in [-0.4, -0.2) is 30.8 Å². The lowest BCUT2D eigenvalue weighted by molar-refractivity contribution is -0.146. The Morgan fingerprint density at radius 3 is 2.50 bits per heavy atom. The van der Waals surface area contributed by atoms with E-state index in [9.17, 15) is 9.59 Å². The normalized spacial score (nSPS) is 13.3. The minimum absolute atomic E-state index is 0.0492. The topological polar surface area (TPSA) is 55.4 Å². The number of carbonyl (C=O) groups excluding carboxylic acids is 2. The number of rotatable bonds is 7. The maximum absolute atomic E-state index is 11.9. The van der Waals surface area contributed by atoms with Crippen molar-refractivity contribution in [2.24, 2.45) is 5.92 Å². The van der Waals surface area contributed by atoms with Gasteiger partial charge in [0.25, 0.3) is 0 Å². The van der Waals surface area contributed by atoms with E-state index in [0.29, 0.717) is 0 Å². The van der Waals surface area contributed by atoms with Crippen molar-refractivity contribution in [2.75, 3.05) is 12.9 Å². The van der Waals surface area contributed by atoms with E-state index in [0.717, 1.165) is 11.3 Å². The van der Waals surface area contributed by atoms with Crippen LogP contribution in [0, 0.1) is 5.92 Å². The average Bonchev–Trinajstić information content (AvgIpc) is 2.50. The van der Waals surface area contributed by atoms with Crippen LogP contribution in [0.4, 0.5) is 0 Å². The van der Waals surface area contributed by atoms with Gasteiger partial charge in [0.15, 0.2) is 0 Å². The van der Waals surface area contributed by atoms with Crippen LogP contribution in [0.15, 0.2) is 35.2 Å². The molecule has 0 aliphatic heterocycles. The van der Waals surface area contributed by atoms with Gasteiger partial charge in [-0.3, -0.25) is 4.79 Å². The highest BCUT2D eigenvalue weighted by molar-refractivity contribution is 8.00. The van der Waals surface area contributed by atoms with Gasteiger partial charge in [-0.2, -0.15) is 0 Å². The molecule has 0 aliphatic rings. The van der Waals surface area contributed by atoms with E-state index < -0.39 is 12.0 Å². The zero-order chi connectivity index (χ0) is 15.0. The van der Waals surface area contributed by atoms with E-state index in [1.807, 2.05) is 44.2 Å². The van der Waals surface area contributed by atoms with E-state index >= 15 is 0 Å². The number of ether oxygens (including phenoxy) is 1. The molecule has 1 aromatic rings. The second-order valence-corrected chi connectivity index (χ2v) is 5.60. The predicted octanol–water partition coefficient (Wildman–Crippen LogP) is 2.48. The standard InChI is InChI=1S/C15H21NO3S/c1-4-11(2)14(15(18)19-3)16-13(17)10-20-12-8-6-5-7-9-12/h5-9,11,14H,4,10H2,1-3H3,(H,16,17)/t11-,14-/m0/s1. The average molecular weight is 295 g/mol. The molecule has 0 fully saturated rings. The number of thioether (sulfide) groups is 1. The van der Waals surface area contributed by atoms with Crippen LogP contribution in [0.2, 0.25) is 0 Å². The zero-order valence-electron chi connectivity index (χ0n) is 12.1. The fourth-order valence-corrected chi connectivity index (χ4v) is 2.41. The molecule has 0 aliphatic carbocycles. The molecule has 5 heteroatoms. The van der Waals surface area contributed by atoms with Crippen molar-refractivity contribution >= 4 is 23.6 Å². The molecule has 110 valence electrons. The molecule has 0 aromatic heterocycles. The Morgan fingerprint density at radius 2 is 1.95 bits per heavy atom. The van der Waals surface area contributed by atoms with E-state index in [2.05, 4.69) is 5.32 Å². The molecule has 2 atom stereocenters. The van der Waals surface area contributed by atoms with Crippen LogP contribution in [0.5, 0.6) is 0 Å². The van der Waals surface area contributed by atoms with Gasteiger partial charge in [-0.15, -0.1) is 11.8 Å². The summed E-state index contributed by atoms with van der Waals surface area (Å²) in [5.41, 5.74) is 0. The van der Waals surface area contributed by atoms with Gasteiger partial charge >= 0.3 is 5.97 Å². The Morgan fingerprint density at radius 1 is 1.30 bits per heavy atom. The Labute approximate surface area is 124 Å². The smallest absolute Gasteiger partial charge is 0.328 e. The summed E-state index contributed by atoms with van der Waals surface area (Å²) in [5, 5.41) is 2.75. The molecule has 1 amide bonds. The van der Waals surface area contributed by atoms with Crippen molar-refractivity contribution in [1.29, 1.82) is 0 Å². The lowest BCUT2D eigenvalue weighted by Gasteiger charge is -2.21. The second kappa shape index (κ2) is 8.64. The molecule has 0 spiro atoms. The number of nitrogens with one attached hydrogen (secondary N) is 1. The SMILES string of the molecule is CC[C@H](C)[C@H](NC(=O)CSc1ccccc1)C(=O)OC. The maximum atomic E-state index is 11.9. The van der Waals surface area contributed by atoms with Crippen molar-refractivity contribution in [1.82, 2.24) is 5.32 Å². The van der Waals surface area contributed by atoms with E-state index in [1.54, 1.807) is 0 Å². The summed E-state index contributed by atoms with van der Waals surface area (Å²) in [6, 6.07) is 9.11. The number of methoxy groups -OCH3 is 1. The number of esters is 1. The fraction of sp³-hybridized carbons (Fsp3) is 0.467. The maximum Gasteiger partial charge on any atom is 0.328 e. The molecular formula is C15H21NO3S. The van der Waals surface area contributed by atoms with E-state index in [1.165, 1.54) is 18.9 Å². The highest BCUT2D eigenvalue weighted by Gasteiger charge is 2.26. The molecule has 0 saturated heterocycles. The quantitative estimate of drug-likeness (QED) is 0.620.